The number of aryl methyl sites for hydroxylation is 1. The van der Waals surface area contributed by atoms with Crippen molar-refractivity contribution in [3.8, 4) is 0 Å². The molecular formula is C31H35N3O. The molecule has 0 saturated carbocycles. The van der Waals surface area contributed by atoms with E-state index in [-0.39, 0.29) is 11.8 Å². The van der Waals surface area contributed by atoms with Gasteiger partial charge in [-0.25, -0.2) is 0 Å². The molecule has 0 aliphatic carbocycles. The number of benzene rings is 3. The van der Waals surface area contributed by atoms with Gasteiger partial charge in [-0.2, -0.15) is 0 Å². The number of hydrogen-bond acceptors (Lipinski definition) is 2. The van der Waals surface area contributed by atoms with Crippen LogP contribution in [0, 0.1) is 0 Å². The van der Waals surface area contributed by atoms with Crippen LogP contribution in [0.25, 0.3) is 10.9 Å². The van der Waals surface area contributed by atoms with Crippen molar-refractivity contribution in [2.75, 3.05) is 26.2 Å². The highest BCUT2D eigenvalue weighted by molar-refractivity contribution is 5.87. The average molecular weight is 466 g/mol. The van der Waals surface area contributed by atoms with Crippen LogP contribution >= 0.6 is 0 Å². The fourth-order valence-corrected chi connectivity index (χ4v) is 5.40. The summed E-state index contributed by atoms with van der Waals surface area (Å²) in [6.45, 7) is 6.61. The fourth-order valence-electron chi connectivity index (χ4n) is 5.40. The Hall–Kier alpha value is -3.37. The lowest BCUT2D eigenvalue weighted by molar-refractivity contribution is -0.133. The van der Waals surface area contributed by atoms with Gasteiger partial charge in [0.25, 0.3) is 0 Å². The van der Waals surface area contributed by atoms with Gasteiger partial charge >= 0.3 is 0 Å². The SMILES string of the molecule is CCc1cccc2c(C(CC(=O)N3CCN(Cc4ccccc4)CC3)Cc3ccccc3)c[nH]c12. The van der Waals surface area contributed by atoms with Crippen LogP contribution in [0.5, 0.6) is 0 Å². The highest BCUT2D eigenvalue weighted by Crippen LogP contribution is 2.33. The van der Waals surface area contributed by atoms with Crippen LogP contribution < -0.4 is 0 Å². The number of H-pyrrole nitrogens is 1. The van der Waals surface area contributed by atoms with Gasteiger partial charge in [0, 0.05) is 56.2 Å². The number of nitrogens with zero attached hydrogens (tertiary/aromatic N) is 2. The predicted molar refractivity (Wildman–Crippen MR) is 143 cm³/mol. The van der Waals surface area contributed by atoms with Gasteiger partial charge in [0.05, 0.1) is 0 Å². The second-order valence-electron chi connectivity index (χ2n) is 9.67. The molecule has 1 fully saturated rings. The molecule has 1 aliphatic heterocycles. The van der Waals surface area contributed by atoms with E-state index in [9.17, 15) is 4.79 Å². The van der Waals surface area contributed by atoms with Crippen molar-refractivity contribution >= 4 is 16.8 Å². The van der Waals surface area contributed by atoms with Crippen molar-refractivity contribution in [2.45, 2.75) is 38.6 Å². The molecule has 4 nitrogen and oxygen atoms in total. The molecule has 0 spiro atoms. The van der Waals surface area contributed by atoms with Gasteiger partial charge in [0.15, 0.2) is 0 Å². The van der Waals surface area contributed by atoms with Crippen molar-refractivity contribution in [3.63, 3.8) is 0 Å². The highest BCUT2D eigenvalue weighted by Gasteiger charge is 2.26. The number of carbonyl (C=O) groups is 1. The minimum Gasteiger partial charge on any atom is -0.361 e. The molecule has 1 atom stereocenters. The Labute approximate surface area is 208 Å². The van der Waals surface area contributed by atoms with Gasteiger partial charge in [-0.1, -0.05) is 85.8 Å². The monoisotopic (exact) mass is 465 g/mol. The molecule has 5 rings (SSSR count). The Morgan fingerprint density at radius 1 is 0.857 bits per heavy atom. The van der Waals surface area contributed by atoms with Crippen LogP contribution in [0.2, 0.25) is 0 Å². The van der Waals surface area contributed by atoms with E-state index in [1.165, 1.54) is 33.2 Å². The van der Waals surface area contributed by atoms with Gasteiger partial charge < -0.3 is 9.88 Å². The maximum Gasteiger partial charge on any atom is 0.223 e. The Balaban J connectivity index is 1.30. The molecule has 1 saturated heterocycles. The van der Waals surface area contributed by atoms with Crippen molar-refractivity contribution in [1.29, 1.82) is 0 Å². The second-order valence-corrected chi connectivity index (χ2v) is 9.67. The zero-order valence-electron chi connectivity index (χ0n) is 20.6. The van der Waals surface area contributed by atoms with Crippen LogP contribution in [0.4, 0.5) is 0 Å². The summed E-state index contributed by atoms with van der Waals surface area (Å²) >= 11 is 0. The van der Waals surface area contributed by atoms with E-state index in [0.717, 1.165) is 45.6 Å². The van der Waals surface area contributed by atoms with E-state index in [1.54, 1.807) is 0 Å². The van der Waals surface area contributed by atoms with Crippen molar-refractivity contribution in [2.24, 2.45) is 0 Å². The second kappa shape index (κ2) is 10.9. The molecule has 1 N–H and O–H groups in total. The number of aromatic nitrogens is 1. The van der Waals surface area contributed by atoms with Crippen molar-refractivity contribution in [3.05, 3.63) is 107 Å². The zero-order chi connectivity index (χ0) is 24.0. The van der Waals surface area contributed by atoms with Crippen LogP contribution in [0.1, 0.15) is 41.5 Å². The zero-order valence-corrected chi connectivity index (χ0v) is 20.6. The maximum atomic E-state index is 13.5. The highest BCUT2D eigenvalue weighted by atomic mass is 16.2. The largest absolute Gasteiger partial charge is 0.361 e. The standard InChI is InChI=1S/C31H35N3O/c1-2-26-14-9-15-28-29(22-32-31(26)28)27(20-24-10-5-3-6-11-24)21-30(35)34-18-16-33(17-19-34)23-25-12-7-4-8-13-25/h3-15,22,27,32H,2,16-21,23H2,1H3. The Bertz CT molecular complexity index is 1240. The van der Waals surface area contributed by atoms with Crippen LogP contribution in [0.15, 0.2) is 85.1 Å². The topological polar surface area (TPSA) is 39.3 Å². The minimum absolute atomic E-state index is 0.146. The van der Waals surface area contributed by atoms with Gasteiger partial charge in [0.1, 0.15) is 0 Å². The number of nitrogens with one attached hydrogen (secondary N) is 1. The molecule has 0 bridgehead atoms. The number of carbonyl (C=O) groups excluding carboxylic acids is 1. The summed E-state index contributed by atoms with van der Waals surface area (Å²) in [5.74, 6) is 0.416. The first-order valence-electron chi connectivity index (χ1n) is 12.9. The fraction of sp³-hybridized carbons (Fsp3) is 0.323. The summed E-state index contributed by atoms with van der Waals surface area (Å²) in [4.78, 5) is 21.6. The molecule has 4 heteroatoms. The summed E-state index contributed by atoms with van der Waals surface area (Å²) in [5, 5.41) is 1.26. The Morgan fingerprint density at radius 3 is 2.23 bits per heavy atom. The van der Waals surface area contributed by atoms with E-state index in [1.807, 2.05) is 0 Å². The van der Waals surface area contributed by atoms with Crippen molar-refractivity contribution < 1.29 is 4.79 Å². The minimum atomic E-state index is 0.146. The molecule has 0 radical (unpaired) electrons. The number of para-hydroxylation sites is 1. The first kappa shape index (κ1) is 23.4. The van der Waals surface area contributed by atoms with Gasteiger partial charge in [-0.05, 0) is 41.0 Å². The molecule has 35 heavy (non-hydrogen) atoms. The Kier molecular flexibility index (Phi) is 7.29. The first-order chi connectivity index (χ1) is 17.2. The van der Waals surface area contributed by atoms with Crippen molar-refractivity contribution in [1.82, 2.24) is 14.8 Å². The number of amides is 1. The molecule has 1 aromatic heterocycles. The summed E-state index contributed by atoms with van der Waals surface area (Å²) < 4.78 is 0. The first-order valence-corrected chi connectivity index (χ1v) is 12.9. The Morgan fingerprint density at radius 2 is 1.54 bits per heavy atom. The number of rotatable bonds is 8. The third-order valence-corrected chi connectivity index (χ3v) is 7.37. The molecule has 2 heterocycles. The third-order valence-electron chi connectivity index (χ3n) is 7.37. The number of hydrogen-bond donors (Lipinski definition) is 1. The summed E-state index contributed by atoms with van der Waals surface area (Å²) in [6, 6.07) is 27.7. The number of piperazine rings is 1. The third kappa shape index (κ3) is 5.49. The number of fused-ring (bicyclic) bond motifs is 1. The lowest BCUT2D eigenvalue weighted by Gasteiger charge is -2.35. The summed E-state index contributed by atoms with van der Waals surface area (Å²) in [7, 11) is 0. The summed E-state index contributed by atoms with van der Waals surface area (Å²) in [5.41, 5.74) is 6.41. The van der Waals surface area contributed by atoms with E-state index >= 15 is 0 Å². The van der Waals surface area contributed by atoms with Gasteiger partial charge in [0.2, 0.25) is 5.91 Å². The molecule has 1 unspecified atom stereocenters. The van der Waals surface area contributed by atoms with Gasteiger partial charge in [-0.15, -0.1) is 0 Å². The molecule has 1 amide bonds. The lowest BCUT2D eigenvalue weighted by atomic mass is 9.88. The normalized spacial score (nSPS) is 15.4. The molecule has 3 aromatic carbocycles. The number of aromatic amines is 1. The van der Waals surface area contributed by atoms with E-state index in [0.29, 0.717) is 6.42 Å². The molecule has 1 aliphatic rings. The van der Waals surface area contributed by atoms with E-state index in [2.05, 4.69) is 107 Å². The smallest absolute Gasteiger partial charge is 0.223 e. The van der Waals surface area contributed by atoms with Crippen LogP contribution in [-0.2, 0) is 24.2 Å². The van der Waals surface area contributed by atoms with E-state index < -0.39 is 0 Å². The van der Waals surface area contributed by atoms with Crippen LogP contribution in [0.3, 0.4) is 0 Å². The van der Waals surface area contributed by atoms with Crippen LogP contribution in [-0.4, -0.2) is 46.9 Å². The lowest BCUT2D eigenvalue weighted by Crippen LogP contribution is -2.48. The van der Waals surface area contributed by atoms with E-state index in [4.69, 9.17) is 0 Å². The van der Waals surface area contributed by atoms with Gasteiger partial charge in [-0.3, -0.25) is 9.69 Å². The molecule has 180 valence electrons. The summed E-state index contributed by atoms with van der Waals surface area (Å²) in [6.07, 6.45) is 4.54. The maximum absolute atomic E-state index is 13.5. The predicted octanol–water partition coefficient (Wildman–Crippen LogP) is 5.79. The molecular weight excluding hydrogens is 430 g/mol. The average Bonchev–Trinajstić information content (AvgIpc) is 3.34. The quantitative estimate of drug-likeness (QED) is 0.358. The molecule has 4 aromatic rings.